The number of nitrogens with zero attached hydrogens (tertiary/aromatic N) is 1. The Labute approximate surface area is 76.3 Å². The summed E-state index contributed by atoms with van der Waals surface area (Å²) in [6, 6.07) is -0.844. The molecule has 0 atom stereocenters. The molecule has 0 aliphatic heterocycles. The molecule has 0 aliphatic rings. The van der Waals surface area contributed by atoms with Crippen LogP contribution < -0.4 is 5.32 Å². The van der Waals surface area contributed by atoms with Crippen LogP contribution in [0.1, 0.15) is 6.92 Å². The van der Waals surface area contributed by atoms with Crippen molar-refractivity contribution in [2.24, 2.45) is 0 Å². The number of urea groups is 1. The average molecular weight is 208 g/mol. The van der Waals surface area contributed by atoms with E-state index in [2.05, 4.69) is 0 Å². The maximum Gasteiger partial charge on any atom is 0.412 e. The second kappa shape index (κ2) is 4.28. The second-order valence-corrected chi connectivity index (χ2v) is 5.82. The number of carboxylic acid groups (broad SMARTS) is 1. The van der Waals surface area contributed by atoms with E-state index in [4.69, 9.17) is 5.11 Å². The molecule has 0 heterocycles. The van der Waals surface area contributed by atoms with Crippen molar-refractivity contribution in [2.45, 2.75) is 6.92 Å². The third kappa shape index (κ3) is 3.94. The molecule has 0 rings (SSSR count). The van der Waals surface area contributed by atoms with Gasteiger partial charge in [-0.15, -0.1) is 0 Å². The highest BCUT2D eigenvalue weighted by Crippen LogP contribution is 2.40. The molecule has 0 aliphatic carbocycles. The van der Waals surface area contributed by atoms with E-state index in [1.807, 2.05) is 0 Å². The number of amides is 3. The zero-order valence-electron chi connectivity index (χ0n) is 7.77. The van der Waals surface area contributed by atoms with Crippen LogP contribution >= 0.6 is 7.29 Å². The molecule has 7 heteroatoms. The van der Waals surface area contributed by atoms with Gasteiger partial charge in [0.15, 0.2) is 7.29 Å². The smallest absolute Gasteiger partial charge is 0.412 e. The lowest BCUT2D eigenvalue weighted by Gasteiger charge is -2.24. The Morgan fingerprint density at radius 1 is 1.46 bits per heavy atom. The molecule has 0 spiro atoms. The van der Waals surface area contributed by atoms with Crippen LogP contribution in [0.2, 0.25) is 0 Å². The summed E-state index contributed by atoms with van der Waals surface area (Å²) < 4.78 is 12.4. The van der Waals surface area contributed by atoms with Gasteiger partial charge in [0.05, 0.1) is 0 Å². The monoisotopic (exact) mass is 208 g/mol. The highest BCUT2D eigenvalue weighted by molar-refractivity contribution is 7.60. The minimum Gasteiger partial charge on any atom is -0.465 e. The second-order valence-electron chi connectivity index (χ2n) is 2.75. The Bertz CT molecular complexity index is 259. The summed E-state index contributed by atoms with van der Waals surface area (Å²) in [6.45, 7) is 4.64. The minimum atomic E-state index is -2.73. The fraction of sp³-hybridized carbons (Fsp3) is 0.667. The SMILES string of the molecule is CCN(C(=O)NC(=O)O)P(C)(C)=O. The summed E-state index contributed by atoms with van der Waals surface area (Å²) in [4.78, 5) is 21.2. The molecule has 0 aromatic rings. The van der Waals surface area contributed by atoms with Crippen LogP contribution in [0.5, 0.6) is 0 Å². The van der Waals surface area contributed by atoms with E-state index < -0.39 is 19.4 Å². The predicted molar refractivity (Wildman–Crippen MR) is 48.4 cm³/mol. The topological polar surface area (TPSA) is 86.7 Å². The van der Waals surface area contributed by atoms with Gasteiger partial charge in [0.2, 0.25) is 0 Å². The molecule has 0 bridgehead atoms. The fourth-order valence-electron chi connectivity index (χ4n) is 0.859. The maximum atomic E-state index is 11.4. The molecule has 0 fully saturated rings. The van der Waals surface area contributed by atoms with Gasteiger partial charge in [-0.3, -0.25) is 4.67 Å². The van der Waals surface area contributed by atoms with Crippen molar-refractivity contribution in [3.05, 3.63) is 0 Å². The van der Waals surface area contributed by atoms with Gasteiger partial charge in [-0.1, -0.05) is 0 Å². The molecule has 13 heavy (non-hydrogen) atoms. The molecule has 0 unspecified atom stereocenters. The Balaban J connectivity index is 4.52. The Morgan fingerprint density at radius 3 is 2.15 bits per heavy atom. The number of hydrogen-bond donors (Lipinski definition) is 2. The summed E-state index contributed by atoms with van der Waals surface area (Å²) in [6.07, 6.45) is -1.45. The van der Waals surface area contributed by atoms with Crippen LogP contribution in [0.25, 0.3) is 0 Å². The first kappa shape index (κ1) is 12.0. The van der Waals surface area contributed by atoms with Gasteiger partial charge in [0.25, 0.3) is 0 Å². The molecule has 3 amide bonds. The van der Waals surface area contributed by atoms with Crippen LogP contribution in [0, 0.1) is 0 Å². The zero-order valence-corrected chi connectivity index (χ0v) is 8.67. The van der Waals surface area contributed by atoms with E-state index in [0.717, 1.165) is 4.67 Å². The molecule has 0 radical (unpaired) electrons. The van der Waals surface area contributed by atoms with E-state index >= 15 is 0 Å². The van der Waals surface area contributed by atoms with E-state index in [-0.39, 0.29) is 6.54 Å². The van der Waals surface area contributed by atoms with E-state index in [0.29, 0.717) is 0 Å². The number of nitrogens with one attached hydrogen (secondary N) is 1. The van der Waals surface area contributed by atoms with Gasteiger partial charge in [-0.25, -0.2) is 14.9 Å². The molecule has 76 valence electrons. The third-order valence-corrected chi connectivity index (χ3v) is 2.96. The lowest BCUT2D eigenvalue weighted by molar-refractivity contribution is 0.187. The summed E-state index contributed by atoms with van der Waals surface area (Å²) in [5.74, 6) is 0. The molecule has 0 aromatic carbocycles. The lowest BCUT2D eigenvalue weighted by Crippen LogP contribution is -2.40. The Hall–Kier alpha value is -1.03. The van der Waals surface area contributed by atoms with Gasteiger partial charge in [-0.05, 0) is 6.92 Å². The molecule has 0 saturated carbocycles. The summed E-state index contributed by atoms with van der Waals surface area (Å²) in [7, 11) is -2.73. The van der Waals surface area contributed by atoms with Gasteiger partial charge in [-0.2, -0.15) is 0 Å². The summed E-state index contributed by atoms with van der Waals surface area (Å²) in [5.41, 5.74) is 0. The number of rotatable bonds is 2. The molecule has 6 nitrogen and oxygen atoms in total. The fourth-order valence-corrected chi connectivity index (χ4v) is 2.03. The highest BCUT2D eigenvalue weighted by Gasteiger charge is 2.24. The van der Waals surface area contributed by atoms with Crippen molar-refractivity contribution in [3.63, 3.8) is 0 Å². The minimum absolute atomic E-state index is 0.212. The molecular weight excluding hydrogens is 195 g/mol. The quantitative estimate of drug-likeness (QED) is 0.668. The Morgan fingerprint density at radius 2 is 1.92 bits per heavy atom. The van der Waals surface area contributed by atoms with Gasteiger partial charge >= 0.3 is 12.1 Å². The molecule has 2 N–H and O–H groups in total. The largest absolute Gasteiger partial charge is 0.465 e. The zero-order chi connectivity index (χ0) is 10.6. The average Bonchev–Trinajstić information content (AvgIpc) is 1.82. The molecular formula is C6H13N2O4P. The van der Waals surface area contributed by atoms with Gasteiger partial charge in [0, 0.05) is 19.9 Å². The number of carbonyl (C=O) groups is 2. The highest BCUT2D eigenvalue weighted by atomic mass is 31.2. The first-order valence-corrected chi connectivity index (χ1v) is 6.21. The van der Waals surface area contributed by atoms with Crippen LogP contribution in [0.3, 0.4) is 0 Å². The van der Waals surface area contributed by atoms with Crippen molar-refractivity contribution >= 4 is 19.4 Å². The van der Waals surface area contributed by atoms with E-state index in [1.54, 1.807) is 12.2 Å². The van der Waals surface area contributed by atoms with Crippen molar-refractivity contribution in [2.75, 3.05) is 19.9 Å². The van der Waals surface area contributed by atoms with Crippen LogP contribution in [-0.4, -0.2) is 41.8 Å². The normalized spacial score (nSPS) is 10.7. The van der Waals surface area contributed by atoms with Crippen molar-refractivity contribution in [1.29, 1.82) is 0 Å². The van der Waals surface area contributed by atoms with Crippen LogP contribution in [-0.2, 0) is 4.57 Å². The van der Waals surface area contributed by atoms with Gasteiger partial charge < -0.3 is 9.67 Å². The number of hydrogen-bond acceptors (Lipinski definition) is 3. The Kier molecular flexibility index (Phi) is 3.94. The predicted octanol–water partition coefficient (Wildman–Crippen LogP) is 1.23. The lowest BCUT2D eigenvalue weighted by atomic mass is 10.7. The van der Waals surface area contributed by atoms with Crippen molar-refractivity contribution in [3.8, 4) is 0 Å². The third-order valence-electron chi connectivity index (χ3n) is 1.33. The number of carbonyl (C=O) groups excluding carboxylic acids is 1. The first-order valence-electron chi connectivity index (χ1n) is 3.66. The molecule has 0 saturated heterocycles. The number of imide groups is 1. The summed E-state index contributed by atoms with van der Waals surface area (Å²) >= 11 is 0. The molecule has 0 aromatic heterocycles. The standard InChI is InChI=1S/C6H13N2O4P/c1-4-8(13(2,3)12)5(9)7-6(10)11/h4H2,1-3H3,(H,7,9)(H,10,11). The van der Waals surface area contributed by atoms with Crippen LogP contribution in [0.15, 0.2) is 0 Å². The van der Waals surface area contributed by atoms with E-state index in [9.17, 15) is 14.2 Å². The van der Waals surface area contributed by atoms with E-state index in [1.165, 1.54) is 13.3 Å². The first-order chi connectivity index (χ1) is 5.79. The maximum absolute atomic E-state index is 11.4. The van der Waals surface area contributed by atoms with Gasteiger partial charge in [0.1, 0.15) is 0 Å². The van der Waals surface area contributed by atoms with Crippen molar-refractivity contribution in [1.82, 2.24) is 9.99 Å². The summed E-state index contributed by atoms with van der Waals surface area (Å²) in [5, 5.41) is 9.88. The van der Waals surface area contributed by atoms with Crippen LogP contribution in [0.4, 0.5) is 9.59 Å². The van der Waals surface area contributed by atoms with Crippen molar-refractivity contribution < 1.29 is 19.3 Å².